The van der Waals surface area contributed by atoms with E-state index in [2.05, 4.69) is 5.32 Å². The van der Waals surface area contributed by atoms with Crippen LogP contribution in [0.15, 0.2) is 23.8 Å². The minimum atomic E-state index is -0.112. The number of carbonyl (C=O) groups excluding carboxylic acids is 1. The molecule has 0 saturated heterocycles. The number of benzene rings is 1. The maximum absolute atomic E-state index is 12.1. The van der Waals surface area contributed by atoms with Crippen LogP contribution >= 0.6 is 0 Å². The molecule has 0 spiro atoms. The van der Waals surface area contributed by atoms with Gasteiger partial charge in [0.25, 0.3) is 5.91 Å². The molecule has 0 aromatic heterocycles. The molecule has 20 heavy (non-hydrogen) atoms. The molecule has 3 N–H and O–H groups in total. The SMILES string of the molecule is COc1cccc2c1OCC(C(=O)NCC(C)CN)=C2. The number of para-hydroxylation sites is 1. The van der Waals surface area contributed by atoms with E-state index in [4.69, 9.17) is 15.2 Å². The minimum absolute atomic E-state index is 0.112. The Labute approximate surface area is 118 Å². The Kier molecular flexibility index (Phi) is 4.63. The average molecular weight is 276 g/mol. The van der Waals surface area contributed by atoms with E-state index in [1.807, 2.05) is 31.2 Å². The van der Waals surface area contributed by atoms with Crippen molar-refractivity contribution in [3.05, 3.63) is 29.3 Å². The zero-order chi connectivity index (χ0) is 14.5. The summed E-state index contributed by atoms with van der Waals surface area (Å²) in [5, 5.41) is 2.86. The summed E-state index contributed by atoms with van der Waals surface area (Å²) in [4.78, 5) is 12.1. The predicted octanol–water partition coefficient (Wildman–Crippen LogP) is 1.18. The van der Waals surface area contributed by atoms with Gasteiger partial charge >= 0.3 is 0 Å². The number of nitrogens with one attached hydrogen (secondary N) is 1. The summed E-state index contributed by atoms with van der Waals surface area (Å²) in [6.07, 6.45) is 1.84. The van der Waals surface area contributed by atoms with Crippen LogP contribution in [0, 0.1) is 5.92 Å². The highest BCUT2D eigenvalue weighted by Gasteiger charge is 2.19. The van der Waals surface area contributed by atoms with Gasteiger partial charge in [-0.05, 0) is 24.6 Å². The van der Waals surface area contributed by atoms with Gasteiger partial charge in [-0.2, -0.15) is 0 Å². The van der Waals surface area contributed by atoms with E-state index in [1.54, 1.807) is 7.11 Å². The third kappa shape index (κ3) is 3.11. The Balaban J connectivity index is 2.11. The lowest BCUT2D eigenvalue weighted by Gasteiger charge is -2.20. The van der Waals surface area contributed by atoms with Crippen LogP contribution < -0.4 is 20.5 Å². The monoisotopic (exact) mass is 276 g/mol. The topological polar surface area (TPSA) is 73.6 Å². The van der Waals surface area contributed by atoms with Crippen molar-refractivity contribution < 1.29 is 14.3 Å². The number of methoxy groups -OCH3 is 1. The van der Waals surface area contributed by atoms with Crippen LogP contribution in [0.3, 0.4) is 0 Å². The van der Waals surface area contributed by atoms with Crippen LogP contribution in [-0.2, 0) is 4.79 Å². The molecule has 5 nitrogen and oxygen atoms in total. The Morgan fingerprint density at radius 3 is 3.05 bits per heavy atom. The van der Waals surface area contributed by atoms with Gasteiger partial charge in [-0.25, -0.2) is 0 Å². The molecule has 108 valence electrons. The maximum Gasteiger partial charge on any atom is 0.250 e. The van der Waals surface area contributed by atoms with Crippen LogP contribution in [-0.4, -0.2) is 32.7 Å². The van der Waals surface area contributed by atoms with Crippen molar-refractivity contribution in [1.82, 2.24) is 5.32 Å². The number of amides is 1. The molecule has 1 aliphatic rings. The summed E-state index contributed by atoms with van der Waals surface area (Å²) in [6, 6.07) is 5.60. The van der Waals surface area contributed by atoms with Crippen molar-refractivity contribution >= 4 is 12.0 Å². The zero-order valence-electron chi connectivity index (χ0n) is 11.8. The smallest absolute Gasteiger partial charge is 0.250 e. The van der Waals surface area contributed by atoms with Gasteiger partial charge in [0.05, 0.1) is 12.7 Å². The highest BCUT2D eigenvalue weighted by molar-refractivity contribution is 5.99. The van der Waals surface area contributed by atoms with E-state index in [-0.39, 0.29) is 18.4 Å². The molecule has 1 aromatic rings. The maximum atomic E-state index is 12.1. The third-order valence-electron chi connectivity index (χ3n) is 3.24. The molecule has 2 rings (SSSR count). The molecule has 1 unspecified atom stereocenters. The van der Waals surface area contributed by atoms with Gasteiger partial charge in [0.1, 0.15) is 6.61 Å². The van der Waals surface area contributed by atoms with Gasteiger partial charge in [-0.15, -0.1) is 0 Å². The number of nitrogens with two attached hydrogens (primary N) is 1. The van der Waals surface area contributed by atoms with Crippen LogP contribution in [0.5, 0.6) is 11.5 Å². The quantitative estimate of drug-likeness (QED) is 0.847. The first-order valence-corrected chi connectivity index (χ1v) is 6.64. The van der Waals surface area contributed by atoms with Crippen LogP contribution in [0.2, 0.25) is 0 Å². The van der Waals surface area contributed by atoms with Crippen molar-refractivity contribution in [2.45, 2.75) is 6.92 Å². The second-order valence-corrected chi connectivity index (χ2v) is 4.89. The van der Waals surface area contributed by atoms with E-state index >= 15 is 0 Å². The minimum Gasteiger partial charge on any atom is -0.493 e. The van der Waals surface area contributed by atoms with Crippen LogP contribution in [0.1, 0.15) is 12.5 Å². The van der Waals surface area contributed by atoms with Gasteiger partial charge in [-0.3, -0.25) is 4.79 Å². The van der Waals surface area contributed by atoms with Gasteiger partial charge in [-0.1, -0.05) is 19.1 Å². The lowest BCUT2D eigenvalue weighted by molar-refractivity contribution is -0.117. The van der Waals surface area contributed by atoms with Crippen molar-refractivity contribution in [1.29, 1.82) is 0 Å². The number of ether oxygens (including phenoxy) is 2. The second-order valence-electron chi connectivity index (χ2n) is 4.89. The molecule has 1 aliphatic heterocycles. The molecule has 1 atom stereocenters. The molecule has 0 bridgehead atoms. The Morgan fingerprint density at radius 1 is 1.55 bits per heavy atom. The molecule has 0 fully saturated rings. The fourth-order valence-corrected chi connectivity index (χ4v) is 1.94. The van der Waals surface area contributed by atoms with Gasteiger partial charge < -0.3 is 20.5 Å². The first-order valence-electron chi connectivity index (χ1n) is 6.64. The summed E-state index contributed by atoms with van der Waals surface area (Å²) in [5.41, 5.74) is 6.99. The summed E-state index contributed by atoms with van der Waals surface area (Å²) in [5.74, 6) is 1.51. The molecule has 5 heteroatoms. The normalized spacial score (nSPS) is 14.7. The number of hydrogen-bond acceptors (Lipinski definition) is 4. The standard InChI is InChI=1S/C15H20N2O3/c1-10(7-16)8-17-15(18)12-6-11-4-3-5-13(19-2)14(11)20-9-12/h3-6,10H,7-9,16H2,1-2H3,(H,17,18). The lowest BCUT2D eigenvalue weighted by Crippen LogP contribution is -2.34. The molecular weight excluding hydrogens is 256 g/mol. The van der Waals surface area contributed by atoms with Crippen LogP contribution in [0.25, 0.3) is 6.08 Å². The zero-order valence-corrected chi connectivity index (χ0v) is 11.8. The number of hydrogen-bond donors (Lipinski definition) is 2. The van der Waals surface area contributed by atoms with Crippen molar-refractivity contribution in [3.8, 4) is 11.5 Å². The van der Waals surface area contributed by atoms with Crippen molar-refractivity contribution in [2.75, 3.05) is 26.8 Å². The van der Waals surface area contributed by atoms with E-state index in [0.29, 0.717) is 30.2 Å². The lowest BCUT2D eigenvalue weighted by atomic mass is 10.1. The van der Waals surface area contributed by atoms with Gasteiger partial charge in [0, 0.05) is 12.1 Å². The number of carbonyl (C=O) groups is 1. The largest absolute Gasteiger partial charge is 0.493 e. The van der Waals surface area contributed by atoms with Gasteiger partial charge in [0.2, 0.25) is 0 Å². The summed E-state index contributed by atoms with van der Waals surface area (Å²) < 4.78 is 10.9. The fourth-order valence-electron chi connectivity index (χ4n) is 1.94. The molecule has 0 saturated carbocycles. The molecule has 1 heterocycles. The van der Waals surface area contributed by atoms with E-state index in [1.165, 1.54) is 0 Å². The second kappa shape index (κ2) is 6.43. The van der Waals surface area contributed by atoms with E-state index in [0.717, 1.165) is 5.56 Å². The number of fused-ring (bicyclic) bond motifs is 1. The Hall–Kier alpha value is -2.01. The third-order valence-corrected chi connectivity index (χ3v) is 3.24. The molecule has 1 amide bonds. The summed E-state index contributed by atoms with van der Waals surface area (Å²) >= 11 is 0. The van der Waals surface area contributed by atoms with Gasteiger partial charge in [0.15, 0.2) is 11.5 Å². The molecule has 1 aromatic carbocycles. The van der Waals surface area contributed by atoms with Crippen LogP contribution in [0.4, 0.5) is 0 Å². The number of rotatable bonds is 5. The predicted molar refractivity (Wildman–Crippen MR) is 77.7 cm³/mol. The Bertz CT molecular complexity index is 526. The van der Waals surface area contributed by atoms with E-state index < -0.39 is 0 Å². The fraction of sp³-hybridized carbons (Fsp3) is 0.400. The molecule has 0 radical (unpaired) electrons. The first kappa shape index (κ1) is 14.4. The highest BCUT2D eigenvalue weighted by atomic mass is 16.5. The molecule has 0 aliphatic carbocycles. The summed E-state index contributed by atoms with van der Waals surface area (Å²) in [7, 11) is 1.60. The van der Waals surface area contributed by atoms with Crippen molar-refractivity contribution in [3.63, 3.8) is 0 Å². The summed E-state index contributed by atoms with van der Waals surface area (Å²) in [6.45, 7) is 3.36. The van der Waals surface area contributed by atoms with E-state index in [9.17, 15) is 4.79 Å². The van der Waals surface area contributed by atoms with Crippen molar-refractivity contribution in [2.24, 2.45) is 11.7 Å². The molecular formula is C15H20N2O3. The first-order chi connectivity index (χ1) is 9.65. The highest BCUT2D eigenvalue weighted by Crippen LogP contribution is 2.35. The average Bonchev–Trinajstić information content (AvgIpc) is 2.50. The Morgan fingerprint density at radius 2 is 2.35 bits per heavy atom.